The Hall–Kier alpha value is -2.92. The number of likely N-dealkylation sites (N-methyl/N-ethyl adjacent to an activating group) is 1. The third kappa shape index (κ3) is 5.30. The van der Waals surface area contributed by atoms with Crippen molar-refractivity contribution >= 4 is 28.8 Å². The van der Waals surface area contributed by atoms with Crippen LogP contribution < -0.4 is 16.5 Å². The zero-order valence-electron chi connectivity index (χ0n) is 11.8. The minimum absolute atomic E-state index is 0.176. The SMILES string of the molecule is CN(C)CC(=O)Nc1ccccc1N/N=C(\C#N)C(=N)N. The number of para-hydroxylation sites is 2. The van der Waals surface area contributed by atoms with Crippen molar-refractivity contribution in [2.75, 3.05) is 31.4 Å². The van der Waals surface area contributed by atoms with E-state index in [0.29, 0.717) is 11.4 Å². The number of nitrogens with one attached hydrogen (secondary N) is 3. The van der Waals surface area contributed by atoms with Crippen molar-refractivity contribution in [2.45, 2.75) is 0 Å². The summed E-state index contributed by atoms with van der Waals surface area (Å²) in [5.74, 6) is -0.607. The van der Waals surface area contributed by atoms with E-state index in [1.54, 1.807) is 49.3 Å². The van der Waals surface area contributed by atoms with E-state index in [-0.39, 0.29) is 18.2 Å². The van der Waals surface area contributed by atoms with Crippen LogP contribution >= 0.6 is 0 Å². The Labute approximate surface area is 122 Å². The third-order valence-electron chi connectivity index (χ3n) is 2.31. The average molecular weight is 287 g/mol. The number of amides is 1. The summed E-state index contributed by atoms with van der Waals surface area (Å²) >= 11 is 0. The quantitative estimate of drug-likeness (QED) is 0.342. The smallest absolute Gasteiger partial charge is 0.238 e. The summed E-state index contributed by atoms with van der Waals surface area (Å²) in [6.07, 6.45) is 0. The molecule has 0 atom stereocenters. The van der Waals surface area contributed by atoms with E-state index in [1.807, 2.05) is 0 Å². The first kappa shape index (κ1) is 16.1. The molecule has 0 saturated heterocycles. The summed E-state index contributed by atoms with van der Waals surface area (Å²) in [7, 11) is 3.58. The van der Waals surface area contributed by atoms with Gasteiger partial charge in [-0.05, 0) is 26.2 Å². The minimum atomic E-state index is -0.431. The van der Waals surface area contributed by atoms with E-state index >= 15 is 0 Å². The van der Waals surface area contributed by atoms with Gasteiger partial charge in [-0.15, -0.1) is 0 Å². The molecule has 0 spiro atoms. The molecule has 8 nitrogen and oxygen atoms in total. The number of hydrogen-bond acceptors (Lipinski definition) is 6. The zero-order valence-corrected chi connectivity index (χ0v) is 11.8. The van der Waals surface area contributed by atoms with E-state index in [4.69, 9.17) is 16.4 Å². The van der Waals surface area contributed by atoms with Crippen molar-refractivity contribution in [3.63, 3.8) is 0 Å². The molecule has 5 N–H and O–H groups in total. The fourth-order valence-electron chi connectivity index (χ4n) is 1.43. The van der Waals surface area contributed by atoms with Gasteiger partial charge in [0.15, 0.2) is 5.84 Å². The van der Waals surface area contributed by atoms with Crippen LogP contribution in [0, 0.1) is 16.7 Å². The molecule has 0 fully saturated rings. The van der Waals surface area contributed by atoms with Gasteiger partial charge in [0.05, 0.1) is 17.9 Å². The van der Waals surface area contributed by atoms with Gasteiger partial charge in [0, 0.05) is 0 Å². The van der Waals surface area contributed by atoms with E-state index < -0.39 is 5.84 Å². The summed E-state index contributed by atoms with van der Waals surface area (Å²) in [6.45, 7) is 0.245. The lowest BCUT2D eigenvalue weighted by atomic mass is 10.2. The molecular formula is C13H17N7O. The number of rotatable bonds is 6. The molecule has 1 amide bonds. The largest absolute Gasteiger partial charge is 0.382 e. The molecule has 1 rings (SSSR count). The van der Waals surface area contributed by atoms with Crippen molar-refractivity contribution in [1.82, 2.24) is 4.90 Å². The van der Waals surface area contributed by atoms with Gasteiger partial charge in [-0.2, -0.15) is 10.4 Å². The van der Waals surface area contributed by atoms with Crippen LogP contribution in [0.25, 0.3) is 0 Å². The monoisotopic (exact) mass is 287 g/mol. The summed E-state index contributed by atoms with van der Waals surface area (Å²) in [5.41, 5.74) is 8.61. The van der Waals surface area contributed by atoms with Gasteiger partial charge in [-0.25, -0.2) is 0 Å². The second kappa shape index (κ2) is 7.62. The number of benzene rings is 1. The molecule has 0 radical (unpaired) electrons. The highest BCUT2D eigenvalue weighted by Gasteiger charge is 2.08. The number of nitrogens with zero attached hydrogens (tertiary/aromatic N) is 3. The van der Waals surface area contributed by atoms with Crippen molar-refractivity contribution in [3.8, 4) is 6.07 Å². The van der Waals surface area contributed by atoms with Gasteiger partial charge in [0.25, 0.3) is 0 Å². The highest BCUT2D eigenvalue weighted by Crippen LogP contribution is 2.20. The first-order valence-electron chi connectivity index (χ1n) is 6.06. The van der Waals surface area contributed by atoms with Gasteiger partial charge < -0.3 is 16.0 Å². The molecule has 21 heavy (non-hydrogen) atoms. The van der Waals surface area contributed by atoms with E-state index in [2.05, 4.69) is 15.8 Å². The van der Waals surface area contributed by atoms with Gasteiger partial charge in [0.1, 0.15) is 6.07 Å². The normalized spacial score (nSPS) is 10.9. The second-order valence-corrected chi connectivity index (χ2v) is 4.43. The topological polar surface area (TPSA) is 130 Å². The van der Waals surface area contributed by atoms with Crippen LogP contribution in [0.5, 0.6) is 0 Å². The second-order valence-electron chi connectivity index (χ2n) is 4.43. The molecule has 0 aliphatic heterocycles. The lowest BCUT2D eigenvalue weighted by molar-refractivity contribution is -0.116. The first-order valence-corrected chi connectivity index (χ1v) is 6.06. The van der Waals surface area contributed by atoms with Crippen LogP contribution in [-0.2, 0) is 4.79 Å². The molecule has 0 aliphatic carbocycles. The summed E-state index contributed by atoms with van der Waals surface area (Å²) in [4.78, 5) is 13.5. The molecule has 0 bridgehead atoms. The highest BCUT2D eigenvalue weighted by molar-refractivity contribution is 6.45. The van der Waals surface area contributed by atoms with Gasteiger partial charge >= 0.3 is 0 Å². The predicted octanol–water partition coefficient (Wildman–Crippen LogP) is 0.414. The van der Waals surface area contributed by atoms with Crippen molar-refractivity contribution in [3.05, 3.63) is 24.3 Å². The Morgan fingerprint density at radius 1 is 1.43 bits per heavy atom. The third-order valence-corrected chi connectivity index (χ3v) is 2.31. The molecule has 0 saturated carbocycles. The molecule has 1 aromatic rings. The van der Waals surface area contributed by atoms with Crippen LogP contribution in [0.2, 0.25) is 0 Å². The van der Waals surface area contributed by atoms with Crippen molar-refractivity contribution < 1.29 is 4.79 Å². The number of carbonyl (C=O) groups excluding carboxylic acids is 1. The van der Waals surface area contributed by atoms with Crippen molar-refractivity contribution in [2.24, 2.45) is 10.8 Å². The van der Waals surface area contributed by atoms with E-state index in [1.165, 1.54) is 0 Å². The maximum absolute atomic E-state index is 11.8. The minimum Gasteiger partial charge on any atom is -0.382 e. The van der Waals surface area contributed by atoms with E-state index in [0.717, 1.165) is 0 Å². The lowest BCUT2D eigenvalue weighted by Gasteiger charge is -2.13. The fraction of sp³-hybridized carbons (Fsp3) is 0.231. The van der Waals surface area contributed by atoms with Gasteiger partial charge in [-0.3, -0.25) is 15.6 Å². The number of hydrogen-bond donors (Lipinski definition) is 4. The molecule has 0 aromatic heterocycles. The first-order chi connectivity index (χ1) is 9.93. The number of nitrogens with two attached hydrogens (primary N) is 1. The molecular weight excluding hydrogens is 270 g/mol. The molecule has 0 unspecified atom stereocenters. The van der Waals surface area contributed by atoms with Gasteiger partial charge in [-0.1, -0.05) is 12.1 Å². The average Bonchev–Trinajstić information content (AvgIpc) is 2.39. The van der Waals surface area contributed by atoms with E-state index in [9.17, 15) is 4.79 Å². The summed E-state index contributed by atoms with van der Waals surface area (Å²) in [5, 5.41) is 22.4. The van der Waals surface area contributed by atoms with Crippen LogP contribution in [0.3, 0.4) is 0 Å². The van der Waals surface area contributed by atoms with Crippen LogP contribution in [0.4, 0.5) is 11.4 Å². The summed E-state index contributed by atoms with van der Waals surface area (Å²) in [6, 6.07) is 8.60. The zero-order chi connectivity index (χ0) is 15.8. The number of hydrazone groups is 1. The number of anilines is 2. The molecule has 0 heterocycles. The Balaban J connectivity index is 2.88. The molecule has 0 aliphatic rings. The maximum Gasteiger partial charge on any atom is 0.238 e. The molecule has 1 aromatic carbocycles. The van der Waals surface area contributed by atoms with Crippen LogP contribution in [-0.4, -0.2) is 43.0 Å². The standard InChI is InChI=1S/C13H17N7O/c1-20(2)8-12(21)17-9-5-3-4-6-10(9)18-19-11(7-14)13(15)16/h3-6,18H,8H2,1-2H3,(H3,15,16)(H,17,21)/b19-11+. The van der Waals surface area contributed by atoms with Crippen LogP contribution in [0.15, 0.2) is 29.4 Å². The highest BCUT2D eigenvalue weighted by atomic mass is 16.2. The predicted molar refractivity (Wildman–Crippen MR) is 82.2 cm³/mol. The fourth-order valence-corrected chi connectivity index (χ4v) is 1.43. The van der Waals surface area contributed by atoms with Gasteiger partial charge in [0.2, 0.25) is 11.6 Å². The Morgan fingerprint density at radius 3 is 2.57 bits per heavy atom. The number of nitriles is 1. The van der Waals surface area contributed by atoms with Crippen molar-refractivity contribution in [1.29, 1.82) is 10.7 Å². The molecule has 110 valence electrons. The Morgan fingerprint density at radius 2 is 2.05 bits per heavy atom. The number of amidine groups is 1. The number of carbonyl (C=O) groups is 1. The lowest BCUT2D eigenvalue weighted by Crippen LogP contribution is -2.27. The Bertz CT molecular complexity index is 601. The summed E-state index contributed by atoms with van der Waals surface area (Å²) < 4.78 is 0. The maximum atomic E-state index is 11.8. The van der Waals surface area contributed by atoms with Crippen LogP contribution in [0.1, 0.15) is 0 Å². The Kier molecular flexibility index (Phi) is 5.85. The molecule has 8 heteroatoms.